The van der Waals surface area contributed by atoms with Crippen molar-refractivity contribution < 1.29 is 9.53 Å². The molecule has 0 unspecified atom stereocenters. The van der Waals surface area contributed by atoms with E-state index in [2.05, 4.69) is 17.3 Å². The van der Waals surface area contributed by atoms with E-state index < -0.39 is 0 Å². The molecule has 5 heteroatoms. The van der Waals surface area contributed by atoms with E-state index in [1.54, 1.807) is 6.07 Å². The molecule has 0 spiro atoms. The third kappa shape index (κ3) is 4.76. The lowest BCUT2D eigenvalue weighted by Gasteiger charge is -2.28. The molecule has 0 bridgehead atoms. The maximum Gasteiger partial charge on any atom is 0.238 e. The number of nitriles is 1. The predicted octanol–water partition coefficient (Wildman–Crippen LogP) is 2.26. The molecule has 0 atom stereocenters. The number of nitrogens with zero attached hydrogens (tertiary/aromatic N) is 2. The highest BCUT2D eigenvalue weighted by atomic mass is 16.5. The van der Waals surface area contributed by atoms with Gasteiger partial charge in [0.25, 0.3) is 0 Å². The monoisotopic (exact) mass is 287 g/mol. The Bertz CT molecular complexity index is 516. The van der Waals surface area contributed by atoms with E-state index in [9.17, 15) is 4.79 Å². The summed E-state index contributed by atoms with van der Waals surface area (Å²) in [5.74, 6) is 0.916. The van der Waals surface area contributed by atoms with Crippen LogP contribution < -0.4 is 10.1 Å². The number of rotatable bonds is 5. The summed E-state index contributed by atoms with van der Waals surface area (Å²) in [4.78, 5) is 13.8. The van der Waals surface area contributed by atoms with E-state index in [0.29, 0.717) is 24.0 Å². The molecule has 1 aliphatic heterocycles. The molecule has 1 aromatic carbocycles. The fourth-order valence-corrected chi connectivity index (χ4v) is 2.40. The van der Waals surface area contributed by atoms with Gasteiger partial charge in [-0.15, -0.1) is 0 Å². The molecular weight excluding hydrogens is 266 g/mol. The van der Waals surface area contributed by atoms with Gasteiger partial charge in [0.15, 0.2) is 0 Å². The van der Waals surface area contributed by atoms with Gasteiger partial charge in [0.2, 0.25) is 5.91 Å². The second-order valence-electron chi connectivity index (χ2n) is 5.44. The first-order valence-electron chi connectivity index (χ1n) is 7.26. The number of carbonyl (C=O) groups excluding carboxylic acids is 1. The van der Waals surface area contributed by atoms with Crippen LogP contribution in [-0.4, -0.2) is 37.6 Å². The minimum atomic E-state index is -0.312. The maximum absolute atomic E-state index is 11.5. The van der Waals surface area contributed by atoms with Crippen LogP contribution in [-0.2, 0) is 4.79 Å². The van der Waals surface area contributed by atoms with Gasteiger partial charge >= 0.3 is 0 Å². The molecule has 1 fully saturated rings. The van der Waals surface area contributed by atoms with Crippen LogP contribution >= 0.6 is 0 Å². The minimum Gasteiger partial charge on any atom is -0.491 e. The summed E-state index contributed by atoms with van der Waals surface area (Å²) in [5.41, 5.74) is 0.630. The van der Waals surface area contributed by atoms with Gasteiger partial charge in [0, 0.05) is 0 Å². The van der Waals surface area contributed by atoms with Gasteiger partial charge < -0.3 is 15.0 Å². The number of nitrogens with one attached hydrogen (secondary N) is 1. The zero-order chi connectivity index (χ0) is 15.1. The Kier molecular flexibility index (Phi) is 5.59. The number of anilines is 1. The Labute approximate surface area is 125 Å². The first-order valence-corrected chi connectivity index (χ1v) is 7.26. The number of carbonyl (C=O) groups is 1. The summed E-state index contributed by atoms with van der Waals surface area (Å²) in [6, 6.07) is 9.19. The summed E-state index contributed by atoms with van der Waals surface area (Å²) in [7, 11) is 2.14. The number of hydrogen-bond acceptors (Lipinski definition) is 4. The number of benzene rings is 1. The van der Waals surface area contributed by atoms with Gasteiger partial charge in [-0.1, -0.05) is 12.1 Å². The molecule has 1 aliphatic rings. The maximum atomic E-state index is 11.5. The second-order valence-corrected chi connectivity index (χ2v) is 5.44. The molecule has 1 amide bonds. The van der Waals surface area contributed by atoms with Crippen molar-refractivity contribution in [3.63, 3.8) is 0 Å². The number of likely N-dealkylation sites (tertiary alicyclic amines) is 1. The first kappa shape index (κ1) is 15.3. The molecule has 1 aromatic rings. The number of amides is 1. The Morgan fingerprint density at radius 3 is 2.86 bits per heavy atom. The van der Waals surface area contributed by atoms with Crippen molar-refractivity contribution in [1.82, 2.24) is 4.90 Å². The van der Waals surface area contributed by atoms with Crippen molar-refractivity contribution in [1.29, 1.82) is 5.26 Å². The third-order valence-electron chi connectivity index (χ3n) is 3.71. The summed E-state index contributed by atoms with van der Waals surface area (Å²) in [6.07, 6.45) is 2.13. The summed E-state index contributed by atoms with van der Waals surface area (Å²) >= 11 is 0. The molecule has 1 N–H and O–H groups in total. The zero-order valence-corrected chi connectivity index (χ0v) is 12.3. The number of piperidine rings is 1. The Morgan fingerprint density at radius 1 is 1.43 bits per heavy atom. The lowest BCUT2D eigenvalue weighted by Crippen LogP contribution is -2.32. The van der Waals surface area contributed by atoms with E-state index in [0.717, 1.165) is 25.9 Å². The molecule has 5 nitrogen and oxygen atoms in total. The lowest BCUT2D eigenvalue weighted by molar-refractivity contribution is -0.115. The SMILES string of the molecule is CN1CCC(COc2ccccc2NC(=O)CC#N)CC1. The van der Waals surface area contributed by atoms with Gasteiger partial charge in [-0.05, 0) is 51.0 Å². The van der Waals surface area contributed by atoms with Crippen molar-refractivity contribution in [3.05, 3.63) is 24.3 Å². The number of hydrogen-bond donors (Lipinski definition) is 1. The summed E-state index contributed by atoms with van der Waals surface area (Å²) in [6.45, 7) is 2.88. The molecule has 0 radical (unpaired) electrons. The normalized spacial score (nSPS) is 16.2. The Morgan fingerprint density at radius 2 is 2.14 bits per heavy atom. The van der Waals surface area contributed by atoms with Gasteiger partial charge in [0.05, 0.1) is 18.4 Å². The fraction of sp³-hybridized carbons (Fsp3) is 0.500. The Balaban J connectivity index is 1.91. The largest absolute Gasteiger partial charge is 0.491 e. The van der Waals surface area contributed by atoms with Crippen LogP contribution in [0.5, 0.6) is 5.75 Å². The highest BCUT2D eigenvalue weighted by Gasteiger charge is 2.17. The zero-order valence-electron chi connectivity index (χ0n) is 12.3. The smallest absolute Gasteiger partial charge is 0.238 e. The van der Waals surface area contributed by atoms with Gasteiger partial charge in [-0.25, -0.2) is 0 Å². The van der Waals surface area contributed by atoms with Gasteiger partial charge in [0.1, 0.15) is 12.2 Å². The van der Waals surface area contributed by atoms with E-state index in [4.69, 9.17) is 10.00 Å². The molecular formula is C16H21N3O2. The van der Waals surface area contributed by atoms with Crippen LogP contribution in [0.3, 0.4) is 0 Å². The second kappa shape index (κ2) is 7.65. The van der Waals surface area contributed by atoms with E-state index in [-0.39, 0.29) is 12.3 Å². The van der Waals surface area contributed by atoms with Crippen LogP contribution in [0.1, 0.15) is 19.3 Å². The van der Waals surface area contributed by atoms with Gasteiger partial charge in [-0.3, -0.25) is 4.79 Å². The van der Waals surface area contributed by atoms with Crippen LogP contribution in [0.2, 0.25) is 0 Å². The number of para-hydroxylation sites is 2. The first-order chi connectivity index (χ1) is 10.2. The molecule has 0 aromatic heterocycles. The Hall–Kier alpha value is -2.06. The standard InChI is InChI=1S/C16H21N3O2/c1-19-10-7-13(8-11-19)12-21-15-5-3-2-4-14(15)18-16(20)6-9-17/h2-5,13H,6-8,10-12H2,1H3,(H,18,20). The molecule has 112 valence electrons. The van der Waals surface area contributed by atoms with Crippen LogP contribution in [0.25, 0.3) is 0 Å². The van der Waals surface area contributed by atoms with Crippen molar-refractivity contribution in [2.75, 3.05) is 32.1 Å². The van der Waals surface area contributed by atoms with Crippen LogP contribution in [0.4, 0.5) is 5.69 Å². The summed E-state index contributed by atoms with van der Waals surface area (Å²) < 4.78 is 5.87. The molecule has 1 heterocycles. The molecule has 2 rings (SSSR count). The fourth-order valence-electron chi connectivity index (χ4n) is 2.40. The van der Waals surface area contributed by atoms with E-state index in [1.807, 2.05) is 24.3 Å². The van der Waals surface area contributed by atoms with E-state index >= 15 is 0 Å². The highest BCUT2D eigenvalue weighted by molar-refractivity contribution is 5.93. The van der Waals surface area contributed by atoms with Crippen molar-refractivity contribution in [2.45, 2.75) is 19.3 Å². The third-order valence-corrected chi connectivity index (χ3v) is 3.71. The molecule has 0 aliphatic carbocycles. The average molecular weight is 287 g/mol. The molecule has 21 heavy (non-hydrogen) atoms. The predicted molar refractivity (Wildman–Crippen MR) is 81.0 cm³/mol. The molecule has 0 saturated carbocycles. The van der Waals surface area contributed by atoms with Crippen molar-refractivity contribution in [3.8, 4) is 11.8 Å². The highest BCUT2D eigenvalue weighted by Crippen LogP contribution is 2.26. The van der Waals surface area contributed by atoms with Crippen LogP contribution in [0.15, 0.2) is 24.3 Å². The van der Waals surface area contributed by atoms with Crippen molar-refractivity contribution in [2.24, 2.45) is 5.92 Å². The van der Waals surface area contributed by atoms with Gasteiger partial charge in [-0.2, -0.15) is 5.26 Å². The minimum absolute atomic E-state index is 0.150. The van der Waals surface area contributed by atoms with Crippen molar-refractivity contribution >= 4 is 11.6 Å². The quantitative estimate of drug-likeness (QED) is 0.902. The summed E-state index contributed by atoms with van der Waals surface area (Å²) in [5, 5.41) is 11.2. The van der Waals surface area contributed by atoms with E-state index in [1.165, 1.54) is 0 Å². The number of ether oxygens (including phenoxy) is 1. The lowest BCUT2D eigenvalue weighted by atomic mass is 9.98. The van der Waals surface area contributed by atoms with Crippen LogP contribution in [0, 0.1) is 17.2 Å². The topological polar surface area (TPSA) is 65.4 Å². The molecule has 1 saturated heterocycles. The average Bonchev–Trinajstić information content (AvgIpc) is 2.48.